The third kappa shape index (κ3) is 3.48. The quantitative estimate of drug-likeness (QED) is 0.658. The van der Waals surface area contributed by atoms with E-state index in [2.05, 4.69) is 20.6 Å². The van der Waals surface area contributed by atoms with Crippen molar-refractivity contribution in [3.8, 4) is 5.75 Å². The highest BCUT2D eigenvalue weighted by Crippen LogP contribution is 2.53. The van der Waals surface area contributed by atoms with Gasteiger partial charge < -0.3 is 21.1 Å². The maximum atomic E-state index is 14.5. The van der Waals surface area contributed by atoms with Gasteiger partial charge in [0, 0.05) is 28.8 Å². The maximum Gasteiger partial charge on any atom is 0.229 e. The predicted molar refractivity (Wildman–Crippen MR) is 110 cm³/mol. The molecule has 4 N–H and O–H groups in total. The maximum absolute atomic E-state index is 14.5. The molecule has 6 bridgehead atoms. The number of primary amides is 1. The molecular formula is C20H22FN5O2S. The molecule has 5 rings (SSSR count). The van der Waals surface area contributed by atoms with Gasteiger partial charge in [0.05, 0.1) is 18.7 Å². The Balaban J connectivity index is 1.51. The van der Waals surface area contributed by atoms with Crippen molar-refractivity contribution in [3.05, 3.63) is 36.3 Å². The topological polar surface area (TPSA) is 102 Å². The van der Waals surface area contributed by atoms with E-state index >= 15 is 0 Å². The second-order valence-corrected chi connectivity index (χ2v) is 9.14. The standard InChI is InChI=1S/C20H22FN5O2S/c21-14-9-23-20-24-11-2-1-3-12(8-11)28-4-5-29-15-7-10-6-13(15)17(16(10)18(22)27)25-19(14)26-20/h1-3,8-10,13,15-17H,4-7H2,(H2,22,27)(H2,23,24,25,26)/t10-,13+,15+,16-,17+/m0/s1. The summed E-state index contributed by atoms with van der Waals surface area (Å²) in [7, 11) is 0. The summed E-state index contributed by atoms with van der Waals surface area (Å²) in [5, 5.41) is 6.68. The fourth-order valence-corrected chi connectivity index (χ4v) is 6.33. The molecule has 0 unspecified atom stereocenters. The summed E-state index contributed by atoms with van der Waals surface area (Å²) in [6.07, 6.45) is 3.01. The van der Waals surface area contributed by atoms with Gasteiger partial charge in [-0.25, -0.2) is 9.37 Å². The number of carbonyl (C=O) groups excluding carboxylic acids is 1. The van der Waals surface area contributed by atoms with Gasteiger partial charge in [-0.2, -0.15) is 16.7 Å². The Labute approximate surface area is 172 Å². The second-order valence-electron chi connectivity index (χ2n) is 7.79. The number of halogens is 1. The van der Waals surface area contributed by atoms with Crippen molar-refractivity contribution < 1.29 is 13.9 Å². The highest BCUT2D eigenvalue weighted by atomic mass is 32.2. The van der Waals surface area contributed by atoms with E-state index in [1.165, 1.54) is 0 Å². The van der Waals surface area contributed by atoms with Gasteiger partial charge in [-0.05, 0) is 36.8 Å². The van der Waals surface area contributed by atoms with E-state index in [0.29, 0.717) is 11.9 Å². The number of hydrogen-bond acceptors (Lipinski definition) is 7. The molecule has 0 radical (unpaired) electrons. The van der Waals surface area contributed by atoms with Crippen LogP contribution in [0.3, 0.4) is 0 Å². The number of nitrogens with two attached hydrogens (primary N) is 1. The minimum atomic E-state index is -0.549. The molecule has 1 aliphatic heterocycles. The van der Waals surface area contributed by atoms with Crippen molar-refractivity contribution in [2.24, 2.45) is 23.5 Å². The summed E-state index contributed by atoms with van der Waals surface area (Å²) in [5.74, 6) is 1.23. The Morgan fingerprint density at radius 3 is 3.10 bits per heavy atom. The minimum absolute atomic E-state index is 0.0947. The molecule has 29 heavy (non-hydrogen) atoms. The van der Waals surface area contributed by atoms with Crippen LogP contribution in [-0.2, 0) is 4.79 Å². The van der Waals surface area contributed by atoms with Gasteiger partial charge in [-0.1, -0.05) is 6.07 Å². The summed E-state index contributed by atoms with van der Waals surface area (Å²) in [6, 6.07) is 7.28. The zero-order valence-electron chi connectivity index (χ0n) is 15.7. The predicted octanol–water partition coefficient (Wildman–Crippen LogP) is 2.78. The van der Waals surface area contributed by atoms with Gasteiger partial charge in [0.1, 0.15) is 5.75 Å². The number of hydrogen-bond donors (Lipinski definition) is 3. The Kier molecular flexibility index (Phi) is 4.69. The molecule has 7 nitrogen and oxygen atoms in total. The molecular weight excluding hydrogens is 393 g/mol. The van der Waals surface area contributed by atoms with Crippen LogP contribution in [0.4, 0.5) is 21.8 Å². The monoisotopic (exact) mass is 415 g/mol. The van der Waals surface area contributed by atoms with Gasteiger partial charge in [0.15, 0.2) is 11.6 Å². The molecule has 3 aliphatic rings. The molecule has 1 amide bonds. The fraction of sp³-hybridized carbons (Fsp3) is 0.450. The highest BCUT2D eigenvalue weighted by molar-refractivity contribution is 7.99. The number of ether oxygens (including phenoxy) is 1. The molecule has 2 aromatic rings. The van der Waals surface area contributed by atoms with Crippen molar-refractivity contribution in [1.82, 2.24) is 9.97 Å². The average Bonchev–Trinajstić information content (AvgIpc) is 3.26. The summed E-state index contributed by atoms with van der Waals surface area (Å²) in [4.78, 5) is 20.5. The first-order valence-corrected chi connectivity index (χ1v) is 10.8. The summed E-state index contributed by atoms with van der Waals surface area (Å²) >= 11 is 1.86. The Hall–Kier alpha value is -2.55. The van der Waals surface area contributed by atoms with E-state index in [0.717, 1.165) is 36.2 Å². The number of rotatable bonds is 1. The van der Waals surface area contributed by atoms with Crippen molar-refractivity contribution in [1.29, 1.82) is 0 Å². The molecule has 2 aliphatic carbocycles. The second kappa shape index (κ2) is 7.37. The van der Waals surface area contributed by atoms with E-state index in [-0.39, 0.29) is 41.5 Å². The zero-order valence-corrected chi connectivity index (χ0v) is 16.5. The number of thioether (sulfide) groups is 1. The molecule has 1 aromatic heterocycles. The van der Waals surface area contributed by atoms with Crippen LogP contribution in [0.15, 0.2) is 30.5 Å². The number of nitrogens with zero attached hydrogens (tertiary/aromatic N) is 2. The average molecular weight is 415 g/mol. The third-order valence-electron chi connectivity index (χ3n) is 6.09. The molecule has 5 atom stereocenters. The lowest BCUT2D eigenvalue weighted by atomic mass is 9.83. The molecule has 152 valence electrons. The van der Waals surface area contributed by atoms with Crippen LogP contribution in [-0.4, -0.2) is 39.5 Å². The van der Waals surface area contributed by atoms with Crippen LogP contribution < -0.4 is 21.1 Å². The lowest BCUT2D eigenvalue weighted by molar-refractivity contribution is -0.123. The number of benzene rings is 1. The molecule has 9 heteroatoms. The molecule has 2 heterocycles. The van der Waals surface area contributed by atoms with Crippen LogP contribution in [0.2, 0.25) is 0 Å². The fourth-order valence-electron chi connectivity index (χ4n) is 4.94. The molecule has 2 fully saturated rings. The van der Waals surface area contributed by atoms with E-state index in [4.69, 9.17) is 10.5 Å². The zero-order chi connectivity index (χ0) is 20.0. The van der Waals surface area contributed by atoms with Crippen molar-refractivity contribution in [2.45, 2.75) is 24.1 Å². The number of carbonyl (C=O) groups is 1. The number of fused-ring (bicyclic) bond motifs is 5. The van der Waals surface area contributed by atoms with E-state index in [1.54, 1.807) is 0 Å². The van der Waals surface area contributed by atoms with Gasteiger partial charge in [0.2, 0.25) is 11.9 Å². The normalized spacial score (nSPS) is 30.3. The van der Waals surface area contributed by atoms with Crippen LogP contribution >= 0.6 is 11.8 Å². The first kappa shape index (κ1) is 18.5. The van der Waals surface area contributed by atoms with Crippen LogP contribution in [0.5, 0.6) is 5.75 Å². The van der Waals surface area contributed by atoms with Crippen molar-refractivity contribution in [2.75, 3.05) is 23.0 Å². The first-order valence-electron chi connectivity index (χ1n) is 9.78. The van der Waals surface area contributed by atoms with Gasteiger partial charge >= 0.3 is 0 Å². The lowest BCUT2D eigenvalue weighted by Gasteiger charge is -2.35. The number of anilines is 3. The summed E-state index contributed by atoms with van der Waals surface area (Å²) in [5.41, 5.74) is 6.46. The smallest absolute Gasteiger partial charge is 0.229 e. The van der Waals surface area contributed by atoms with E-state index < -0.39 is 5.82 Å². The highest BCUT2D eigenvalue weighted by Gasteiger charge is 2.55. The Morgan fingerprint density at radius 1 is 1.34 bits per heavy atom. The summed E-state index contributed by atoms with van der Waals surface area (Å²) in [6.45, 7) is 0.595. The van der Waals surface area contributed by atoms with E-state index in [9.17, 15) is 9.18 Å². The first-order chi connectivity index (χ1) is 14.1. The van der Waals surface area contributed by atoms with Crippen LogP contribution in [0, 0.1) is 23.6 Å². The summed E-state index contributed by atoms with van der Waals surface area (Å²) < 4.78 is 20.4. The molecule has 0 saturated heterocycles. The molecule has 1 aromatic carbocycles. The minimum Gasteiger partial charge on any atom is -0.493 e. The van der Waals surface area contributed by atoms with Gasteiger partial charge in [0.25, 0.3) is 0 Å². The third-order valence-corrected chi connectivity index (χ3v) is 7.47. The van der Waals surface area contributed by atoms with Crippen LogP contribution in [0.1, 0.15) is 12.8 Å². The number of aromatic nitrogens is 2. The molecule has 2 saturated carbocycles. The number of nitrogens with one attached hydrogen (secondary N) is 2. The van der Waals surface area contributed by atoms with E-state index in [1.807, 2.05) is 36.0 Å². The Morgan fingerprint density at radius 2 is 2.24 bits per heavy atom. The van der Waals surface area contributed by atoms with Gasteiger partial charge in [-0.3, -0.25) is 4.79 Å². The molecule has 0 spiro atoms. The van der Waals surface area contributed by atoms with Crippen molar-refractivity contribution >= 4 is 35.1 Å². The largest absolute Gasteiger partial charge is 0.493 e. The van der Waals surface area contributed by atoms with Gasteiger partial charge in [-0.15, -0.1) is 0 Å². The lowest BCUT2D eigenvalue weighted by Crippen LogP contribution is -2.46. The number of amides is 1. The SMILES string of the molecule is NC(=O)[C@H]1[C@H]2C[C@H]3[C@H]1Nc1nc(ncc1F)Nc1cccc(c1)OCCS[C@@H]3C2. The van der Waals surface area contributed by atoms with Crippen molar-refractivity contribution in [3.63, 3.8) is 0 Å². The van der Waals surface area contributed by atoms with Crippen LogP contribution in [0.25, 0.3) is 0 Å². The Bertz CT molecular complexity index is 945.